The first-order valence-corrected chi connectivity index (χ1v) is 29.6. The maximum absolute atomic E-state index is 14.7. The molecule has 33 heteroatoms. The molecule has 3 aliphatic rings. The molecule has 4 heterocycles. The molecule has 8 amide bonds. The topological polar surface area (TPSA) is 487 Å². The van der Waals surface area contributed by atoms with E-state index in [1.165, 1.54) is 31.2 Å². The molecule has 0 radical (unpaired) electrons. The number of carbonyl (C=O) groups is 8. The number of nitrogens with two attached hydrogens (primary N) is 1. The van der Waals surface area contributed by atoms with Crippen molar-refractivity contribution in [1.82, 2.24) is 46.6 Å². The highest BCUT2D eigenvalue weighted by atomic mass is 32.2. The largest absolute Gasteiger partial charge is 0.504 e. The maximum Gasteiger partial charge on any atom is 0.261 e. The molecule has 14 atom stereocenters. The first kappa shape index (κ1) is 69.0. The molecule has 1 aromatic heterocycles. The number of phenolic OH excluding ortho intramolecular Hbond substituents is 1. The highest BCUT2D eigenvalue weighted by Crippen LogP contribution is 2.35. The average Bonchev–Trinajstić information content (AvgIpc) is 1.60. The lowest BCUT2D eigenvalue weighted by Gasteiger charge is -2.34. The average molecular weight is 1300 g/mol. The minimum Gasteiger partial charge on any atom is -0.504 e. The highest BCUT2D eigenvalue weighted by Gasteiger charge is 2.50. The van der Waals surface area contributed by atoms with Gasteiger partial charge in [-0.2, -0.15) is 0 Å². The first-order valence-electron chi connectivity index (χ1n) is 28.9. The Morgan fingerprint density at radius 3 is 1.97 bits per heavy atom. The number of carbonyl (C=O) groups excluding carboxylic acids is 8. The van der Waals surface area contributed by atoms with Crippen molar-refractivity contribution in [2.75, 3.05) is 26.2 Å². The van der Waals surface area contributed by atoms with Gasteiger partial charge in [0.05, 0.1) is 43.5 Å². The molecule has 0 saturated carbocycles. The van der Waals surface area contributed by atoms with E-state index in [-0.39, 0.29) is 35.2 Å². The quantitative estimate of drug-likeness (QED) is 0.0188. The smallest absolute Gasteiger partial charge is 0.261 e. The number of benzene rings is 4. The molecule has 0 bridgehead atoms. The van der Waals surface area contributed by atoms with Gasteiger partial charge in [0.15, 0.2) is 11.5 Å². The number of rotatable bonds is 19. The number of amides is 8. The van der Waals surface area contributed by atoms with Crippen molar-refractivity contribution in [3.05, 3.63) is 102 Å². The molecule has 3 saturated heterocycles. The van der Waals surface area contributed by atoms with Gasteiger partial charge in [-0.3, -0.25) is 38.4 Å². The van der Waals surface area contributed by atoms with Crippen molar-refractivity contribution < 1.29 is 107 Å². The van der Waals surface area contributed by atoms with Gasteiger partial charge in [-0.1, -0.05) is 53.6 Å². The number of aliphatic hydroxyl groups excluding tert-OH is 7. The van der Waals surface area contributed by atoms with E-state index in [1.54, 1.807) is 0 Å². The normalized spacial score (nSPS) is 24.9. The van der Waals surface area contributed by atoms with Gasteiger partial charge in [-0.25, -0.2) is 5.26 Å². The molecule has 3 fully saturated rings. The monoisotopic (exact) mass is 1300 g/mol. The maximum atomic E-state index is 14.7. The van der Waals surface area contributed by atoms with Crippen molar-refractivity contribution in [1.29, 1.82) is 0 Å². The Kier molecular flexibility index (Phi) is 23.2. The minimum absolute atomic E-state index is 0.0271. The fourth-order valence-corrected chi connectivity index (χ4v) is 10.9. The number of aromatic nitrogens is 2. The van der Waals surface area contributed by atoms with Crippen LogP contribution in [0.5, 0.6) is 17.2 Å². The van der Waals surface area contributed by atoms with Crippen LogP contribution in [0.2, 0.25) is 0 Å². The molecule has 0 aliphatic carbocycles. The number of primary amides is 1. The second kappa shape index (κ2) is 31.0. The van der Waals surface area contributed by atoms with Gasteiger partial charge in [-0.15, -0.1) is 10.2 Å². The van der Waals surface area contributed by atoms with Gasteiger partial charge in [0.25, 0.3) is 18.2 Å². The van der Waals surface area contributed by atoms with E-state index in [1.807, 2.05) is 55.5 Å². The van der Waals surface area contributed by atoms with Crippen LogP contribution >= 0.6 is 12.3 Å². The second-order valence-corrected chi connectivity index (χ2v) is 22.7. The van der Waals surface area contributed by atoms with Crippen LogP contribution in [0.15, 0.2) is 95.4 Å². The zero-order valence-electron chi connectivity index (χ0n) is 49.5. The molecule has 8 rings (SSSR count). The zero-order valence-corrected chi connectivity index (χ0v) is 50.3. The van der Waals surface area contributed by atoms with Gasteiger partial charge < -0.3 is 96.3 Å². The predicted molar refractivity (Wildman–Crippen MR) is 317 cm³/mol. The number of β-amino-alcohol motifs (C(OH)–C–C–N with tert-alkyl or cyclic N) is 1. The summed E-state index contributed by atoms with van der Waals surface area (Å²) in [6.07, 6.45) is -15.4. The van der Waals surface area contributed by atoms with Gasteiger partial charge in [0, 0.05) is 55.1 Å². The number of hydrogen-bond donors (Lipinski definition) is 15. The Balaban J connectivity index is 1.08. The molecule has 5 aromatic rings. The van der Waals surface area contributed by atoms with E-state index in [0.717, 1.165) is 53.3 Å². The van der Waals surface area contributed by atoms with Crippen LogP contribution in [-0.4, -0.2) is 212 Å². The van der Waals surface area contributed by atoms with Crippen LogP contribution in [0, 0.1) is 5.92 Å². The summed E-state index contributed by atoms with van der Waals surface area (Å²) < 4.78 is 20.9. The van der Waals surface area contributed by atoms with Crippen LogP contribution in [0.4, 0.5) is 0 Å². The summed E-state index contributed by atoms with van der Waals surface area (Å²) in [4.78, 5) is 115. The number of phenols is 1. The molecule has 0 spiro atoms. The third-order valence-electron chi connectivity index (χ3n) is 15.6. The first-order chi connectivity index (χ1) is 43.9. The van der Waals surface area contributed by atoms with Crippen LogP contribution in [0.1, 0.15) is 68.5 Å². The molecule has 14 unspecified atom stereocenters. The lowest BCUT2D eigenvalue weighted by Crippen LogP contribution is -2.64. The van der Waals surface area contributed by atoms with E-state index in [9.17, 15) is 79.2 Å². The molecule has 32 nitrogen and oxygen atoms in total. The molecular formula is C59H70N10O22S. The Morgan fingerprint density at radius 2 is 1.35 bits per heavy atom. The number of ether oxygens (including phenoxy) is 1. The summed E-state index contributed by atoms with van der Waals surface area (Å²) in [7, 11) is 0. The van der Waals surface area contributed by atoms with Crippen molar-refractivity contribution in [2.45, 2.75) is 125 Å². The number of nitrogens with zero attached hydrogens (tertiary/aromatic N) is 4. The third kappa shape index (κ3) is 16.6. The van der Waals surface area contributed by atoms with Crippen molar-refractivity contribution in [3.8, 4) is 51.3 Å². The van der Waals surface area contributed by atoms with Crippen molar-refractivity contribution in [2.24, 2.45) is 11.7 Å². The van der Waals surface area contributed by atoms with E-state index in [0.29, 0.717) is 22.6 Å². The standard InChI is InChI=1S/C59H70N10O22S/c1-4-19-87-37-16-13-30(14-17-37)29-5-9-32(10-6-29)56-66-67-57(88-56)33-11-7-31(8-12-33)51(79)62-38-21-35(71)24-61-55(83)47-48(76)27(2)25-69(47)59(85)45(41(74)23-43(60)75)64-54(82)46(50(78)49(77)34-15-18-40(73)42(20-34)89-92-91-90-86)65-53(81)39-22-36(72)26-68(39)58(84)44(28(3)70)63-52(38)80/h5-18,20,27-28,35-36,38-39,41,44-50,70-74,76-78,86H,4,19,21-26H2,1-3H3,(H2,60,75)(H,61,83)(H,62,79)(H,63,80)(H,64,82)(H,65,81). The van der Waals surface area contributed by atoms with Crippen LogP contribution in [0.25, 0.3) is 34.0 Å². The number of aromatic hydroxyl groups is 1. The number of fused-ring (bicyclic) bond motifs is 2. The zero-order chi connectivity index (χ0) is 66.7. The summed E-state index contributed by atoms with van der Waals surface area (Å²) in [6.45, 7) is 3.27. The summed E-state index contributed by atoms with van der Waals surface area (Å²) in [5.41, 5.74) is 7.85. The Morgan fingerprint density at radius 1 is 0.750 bits per heavy atom. The molecular weight excluding hydrogens is 1230 g/mol. The number of aliphatic hydroxyl groups is 7. The SMILES string of the molecule is CCCOc1ccc(-c2ccc(-c3nnc(-c4ccc(C(=O)NC5CC(O)CNC(=O)C6C(O)C(C)CN6C(=O)C(C(O)CC(N)=O)NC(=O)C(C(O)C(O)c6ccc(O)c(OSOOO)c6)NC(=O)C6CC(O)CN6C(=O)C(C(C)O)NC5=O)cc4)o3)cc2)cc1. The van der Waals surface area contributed by atoms with Crippen molar-refractivity contribution >= 4 is 59.6 Å². The second-order valence-electron chi connectivity index (χ2n) is 22.3. The molecule has 92 heavy (non-hydrogen) atoms. The third-order valence-corrected chi connectivity index (χ3v) is 15.9. The summed E-state index contributed by atoms with van der Waals surface area (Å²) >= 11 is -0.0271. The molecule has 4 aromatic carbocycles. The van der Waals surface area contributed by atoms with E-state index in [2.05, 4.69) is 46.2 Å². The lowest BCUT2D eigenvalue weighted by molar-refractivity contribution is -0.433. The van der Waals surface area contributed by atoms with Gasteiger partial charge in [0.2, 0.25) is 53.1 Å². The summed E-state index contributed by atoms with van der Waals surface area (Å²) in [5, 5.41) is 122. The number of hydrogen-bond acceptors (Lipinski definition) is 25. The van der Waals surface area contributed by atoms with E-state index in [4.69, 9.17) is 24.3 Å². The molecule has 16 N–H and O–H groups in total. The fraction of sp³-hybridized carbons (Fsp3) is 0.424. The minimum atomic E-state index is -2.54. The Hall–Kier alpha value is -8.87. The Bertz CT molecular complexity index is 3440. The summed E-state index contributed by atoms with van der Waals surface area (Å²) in [5.74, 6) is -11.0. The van der Waals surface area contributed by atoms with Gasteiger partial charge in [0.1, 0.15) is 54.2 Å². The fourth-order valence-electron chi connectivity index (χ4n) is 10.7. The van der Waals surface area contributed by atoms with Crippen molar-refractivity contribution in [3.63, 3.8) is 0 Å². The van der Waals surface area contributed by atoms with Gasteiger partial charge >= 0.3 is 0 Å². The molecule has 494 valence electrons. The Labute approximate surface area is 528 Å². The van der Waals surface area contributed by atoms with E-state index < -0.39 is 183 Å². The van der Waals surface area contributed by atoms with Crippen LogP contribution in [-0.2, 0) is 42.9 Å². The lowest BCUT2D eigenvalue weighted by atomic mass is 9.96. The summed E-state index contributed by atoms with van der Waals surface area (Å²) in [6, 6.07) is 11.3. The van der Waals surface area contributed by atoms with Crippen LogP contribution < -0.4 is 41.2 Å². The van der Waals surface area contributed by atoms with Gasteiger partial charge in [-0.05, 0) is 90.7 Å². The molecule has 3 aliphatic heterocycles. The van der Waals surface area contributed by atoms with Crippen LogP contribution in [0.3, 0.4) is 0 Å². The number of nitrogens with one attached hydrogen (secondary N) is 5. The predicted octanol–water partition coefficient (Wildman–Crippen LogP) is -1.76. The highest BCUT2D eigenvalue weighted by molar-refractivity contribution is 7.90. The van der Waals surface area contributed by atoms with E-state index >= 15 is 0 Å².